The molecule has 2 bridgehead atoms. The predicted octanol–water partition coefficient (Wildman–Crippen LogP) is 2.45. The van der Waals surface area contributed by atoms with E-state index >= 15 is 0 Å². The van der Waals surface area contributed by atoms with Crippen LogP contribution in [-0.4, -0.2) is 78.3 Å². The van der Waals surface area contributed by atoms with E-state index in [2.05, 4.69) is 35.2 Å². The monoisotopic (exact) mass is 449 g/mol. The fourth-order valence-corrected chi connectivity index (χ4v) is 8.07. The lowest BCUT2D eigenvalue weighted by molar-refractivity contribution is -0.122. The summed E-state index contributed by atoms with van der Waals surface area (Å²) in [5.74, 6) is 0.993. The molecule has 0 spiro atoms. The van der Waals surface area contributed by atoms with E-state index in [-0.39, 0.29) is 6.47 Å². The minimum Gasteiger partial charge on any atom is -0.483 e. The highest BCUT2D eigenvalue weighted by Gasteiger charge is 2.47. The van der Waals surface area contributed by atoms with Gasteiger partial charge in [-0.25, -0.2) is 0 Å². The molecule has 172 valence electrons. The summed E-state index contributed by atoms with van der Waals surface area (Å²) >= 11 is 0. The molecular formula is C23H35N3O4S. The van der Waals surface area contributed by atoms with Gasteiger partial charge >= 0.3 is 0 Å². The van der Waals surface area contributed by atoms with Gasteiger partial charge in [-0.3, -0.25) is 9.69 Å². The third-order valence-electron chi connectivity index (χ3n) is 7.51. The number of carbonyl (C=O) groups is 1. The second-order valence-corrected chi connectivity index (χ2v) is 11.4. The molecule has 4 heterocycles. The maximum atomic E-state index is 13.1. The second-order valence-electron chi connectivity index (χ2n) is 9.44. The smallest absolute Gasteiger partial charge is 0.290 e. The lowest BCUT2D eigenvalue weighted by Gasteiger charge is -2.55. The van der Waals surface area contributed by atoms with E-state index < -0.39 is 10.2 Å². The number of piperidine rings is 3. The van der Waals surface area contributed by atoms with Crippen LogP contribution in [0.15, 0.2) is 30.3 Å². The van der Waals surface area contributed by atoms with Crippen molar-refractivity contribution in [2.75, 3.05) is 32.7 Å². The molecule has 4 aliphatic heterocycles. The minimum atomic E-state index is -3.26. The van der Waals surface area contributed by atoms with Gasteiger partial charge in [-0.05, 0) is 55.9 Å². The average molecular weight is 450 g/mol. The van der Waals surface area contributed by atoms with Crippen molar-refractivity contribution in [1.29, 1.82) is 0 Å². The van der Waals surface area contributed by atoms with Crippen molar-refractivity contribution < 1.29 is 18.3 Å². The molecule has 4 atom stereocenters. The number of hydrogen-bond acceptors (Lipinski definition) is 4. The third kappa shape index (κ3) is 4.97. The van der Waals surface area contributed by atoms with E-state index in [0.29, 0.717) is 37.0 Å². The van der Waals surface area contributed by atoms with Gasteiger partial charge in [-0.15, -0.1) is 0 Å². The first-order valence-corrected chi connectivity index (χ1v) is 13.1. The van der Waals surface area contributed by atoms with Crippen molar-refractivity contribution in [3.63, 3.8) is 0 Å². The Morgan fingerprint density at radius 1 is 0.968 bits per heavy atom. The van der Waals surface area contributed by atoms with E-state index in [1.54, 1.807) is 4.31 Å². The largest absolute Gasteiger partial charge is 0.483 e. The standard InChI is InChI=1S/C22H33N3O2S.CH2O2/c26-28(27,23-11-4-5-12-23)24-15-19-13-20(17-24)22-10-6-9-21(25(22)16-19)14-18-7-2-1-3-8-18;2-1-3/h1-3,7-8,19-22H,4-6,9-17H2;1H,(H,2,3)/t19-,20+,21+,22-;/m0./s1. The zero-order valence-electron chi connectivity index (χ0n) is 18.2. The van der Waals surface area contributed by atoms with Crippen LogP contribution in [0.25, 0.3) is 0 Å². The van der Waals surface area contributed by atoms with Crippen LogP contribution in [0.1, 0.15) is 44.1 Å². The summed E-state index contributed by atoms with van der Waals surface area (Å²) in [7, 11) is -3.26. The van der Waals surface area contributed by atoms with Crippen molar-refractivity contribution >= 4 is 16.7 Å². The van der Waals surface area contributed by atoms with Crippen molar-refractivity contribution in [3.05, 3.63) is 35.9 Å². The Labute approximate surface area is 186 Å². The first-order valence-electron chi connectivity index (χ1n) is 11.7. The van der Waals surface area contributed by atoms with Gasteiger partial charge in [0.25, 0.3) is 16.7 Å². The van der Waals surface area contributed by atoms with E-state index in [1.807, 2.05) is 4.31 Å². The summed E-state index contributed by atoms with van der Waals surface area (Å²) in [6.07, 6.45) is 8.16. The van der Waals surface area contributed by atoms with Gasteiger partial charge in [-0.1, -0.05) is 36.8 Å². The average Bonchev–Trinajstić information content (AvgIpc) is 3.31. The molecule has 4 fully saturated rings. The maximum absolute atomic E-state index is 13.1. The molecule has 31 heavy (non-hydrogen) atoms. The summed E-state index contributed by atoms with van der Waals surface area (Å²) in [6, 6.07) is 12.1. The van der Waals surface area contributed by atoms with Crippen molar-refractivity contribution in [3.8, 4) is 0 Å². The number of rotatable bonds is 4. The fraction of sp³-hybridized carbons (Fsp3) is 0.696. The SMILES string of the molecule is O=CO.O=S(=O)(N1CCCC1)N1C[C@@H]2C[C@H](C1)[C@@H]1CCC[C@H](Cc3ccccc3)N1C2. The maximum Gasteiger partial charge on any atom is 0.290 e. The summed E-state index contributed by atoms with van der Waals surface area (Å²) in [4.78, 5) is 11.1. The molecule has 0 unspecified atom stereocenters. The van der Waals surface area contributed by atoms with Crippen molar-refractivity contribution in [1.82, 2.24) is 13.5 Å². The zero-order chi connectivity index (χ0) is 21.8. The Balaban J connectivity index is 0.000000730. The molecule has 0 aromatic heterocycles. The quantitative estimate of drug-likeness (QED) is 0.714. The number of hydrogen-bond donors (Lipinski definition) is 1. The molecule has 5 rings (SSSR count). The molecule has 0 saturated carbocycles. The highest BCUT2D eigenvalue weighted by molar-refractivity contribution is 7.86. The van der Waals surface area contributed by atoms with Crippen LogP contribution < -0.4 is 0 Å². The van der Waals surface area contributed by atoms with Gasteiger partial charge in [0.05, 0.1) is 0 Å². The van der Waals surface area contributed by atoms with Gasteiger partial charge in [0.2, 0.25) is 0 Å². The summed E-state index contributed by atoms with van der Waals surface area (Å²) in [5.41, 5.74) is 1.43. The van der Waals surface area contributed by atoms with Crippen LogP contribution >= 0.6 is 0 Å². The Morgan fingerprint density at radius 3 is 2.39 bits per heavy atom. The highest BCUT2D eigenvalue weighted by Crippen LogP contribution is 2.41. The number of fused-ring (bicyclic) bond motifs is 4. The Kier molecular flexibility index (Phi) is 7.31. The van der Waals surface area contributed by atoms with E-state index in [4.69, 9.17) is 9.90 Å². The Morgan fingerprint density at radius 2 is 1.68 bits per heavy atom. The molecule has 4 saturated heterocycles. The Hall–Kier alpha value is -1.48. The Bertz CT molecular complexity index is 828. The van der Waals surface area contributed by atoms with Gasteiger partial charge < -0.3 is 5.11 Å². The van der Waals surface area contributed by atoms with E-state index in [1.165, 1.54) is 31.2 Å². The highest BCUT2D eigenvalue weighted by atomic mass is 32.2. The summed E-state index contributed by atoms with van der Waals surface area (Å²) in [5, 5.41) is 6.89. The third-order valence-corrected chi connectivity index (χ3v) is 9.48. The van der Waals surface area contributed by atoms with Crippen LogP contribution in [0.2, 0.25) is 0 Å². The minimum absolute atomic E-state index is 0.250. The molecule has 8 heteroatoms. The fourth-order valence-electron chi connectivity index (χ4n) is 6.24. The van der Waals surface area contributed by atoms with Crippen LogP contribution in [0.4, 0.5) is 0 Å². The first-order chi connectivity index (χ1) is 15.0. The van der Waals surface area contributed by atoms with Crippen LogP contribution in [0, 0.1) is 11.8 Å². The normalized spacial score (nSPS) is 32.0. The lowest BCUT2D eigenvalue weighted by Crippen LogP contribution is -2.63. The molecular weight excluding hydrogens is 414 g/mol. The van der Waals surface area contributed by atoms with Crippen LogP contribution in [-0.2, 0) is 21.4 Å². The van der Waals surface area contributed by atoms with Crippen LogP contribution in [0.3, 0.4) is 0 Å². The van der Waals surface area contributed by atoms with E-state index in [0.717, 1.165) is 38.9 Å². The lowest BCUT2D eigenvalue weighted by atomic mass is 9.74. The number of benzene rings is 1. The summed E-state index contributed by atoms with van der Waals surface area (Å²) < 4.78 is 29.8. The zero-order valence-corrected chi connectivity index (χ0v) is 19.0. The summed E-state index contributed by atoms with van der Waals surface area (Å²) in [6.45, 7) is 3.70. The van der Waals surface area contributed by atoms with Crippen molar-refractivity contribution in [2.24, 2.45) is 11.8 Å². The molecule has 1 aromatic carbocycles. The van der Waals surface area contributed by atoms with Crippen molar-refractivity contribution in [2.45, 2.75) is 57.0 Å². The molecule has 0 radical (unpaired) electrons. The van der Waals surface area contributed by atoms with Gasteiger partial charge in [0, 0.05) is 44.8 Å². The van der Waals surface area contributed by atoms with Gasteiger partial charge in [0.1, 0.15) is 0 Å². The van der Waals surface area contributed by atoms with Gasteiger partial charge in [-0.2, -0.15) is 17.0 Å². The molecule has 1 aromatic rings. The van der Waals surface area contributed by atoms with Crippen LogP contribution in [0.5, 0.6) is 0 Å². The molecule has 0 aliphatic carbocycles. The molecule has 0 amide bonds. The number of nitrogens with zero attached hydrogens (tertiary/aromatic N) is 3. The topological polar surface area (TPSA) is 81.2 Å². The molecule has 1 N–H and O–H groups in total. The number of carboxylic acid groups (broad SMARTS) is 1. The predicted molar refractivity (Wildman–Crippen MR) is 120 cm³/mol. The molecule has 7 nitrogen and oxygen atoms in total. The second kappa shape index (κ2) is 9.98. The molecule has 4 aliphatic rings. The van der Waals surface area contributed by atoms with Gasteiger partial charge in [0.15, 0.2) is 0 Å². The first kappa shape index (κ1) is 22.7. The van der Waals surface area contributed by atoms with E-state index in [9.17, 15) is 8.42 Å².